The van der Waals surface area contributed by atoms with Gasteiger partial charge in [0.15, 0.2) is 5.75 Å². The Labute approximate surface area is 104 Å². The molecule has 1 aliphatic heterocycles. The van der Waals surface area contributed by atoms with Gasteiger partial charge in [0.05, 0.1) is 6.54 Å². The number of aromatic carboxylic acids is 1. The summed E-state index contributed by atoms with van der Waals surface area (Å²) in [7, 11) is 1.96. The molecule has 1 saturated carbocycles. The molecule has 0 bridgehead atoms. The number of carbonyl (C=O) groups is 1. The summed E-state index contributed by atoms with van der Waals surface area (Å²) in [5.74, 6) is -0.114. The first kappa shape index (κ1) is 10.9. The van der Waals surface area contributed by atoms with Crippen molar-refractivity contribution in [3.05, 3.63) is 10.3 Å². The van der Waals surface area contributed by atoms with Crippen LogP contribution in [0.5, 0.6) is 5.75 Å². The van der Waals surface area contributed by atoms with Crippen LogP contribution in [0.15, 0.2) is 5.38 Å². The zero-order valence-electron chi connectivity index (χ0n) is 9.73. The van der Waals surface area contributed by atoms with Gasteiger partial charge in [-0.2, -0.15) is 0 Å². The summed E-state index contributed by atoms with van der Waals surface area (Å²) in [6.07, 6.45) is 4.57. The minimum atomic E-state index is -0.867. The average Bonchev–Trinajstić information content (AvgIpc) is 2.85. The van der Waals surface area contributed by atoms with E-state index in [0.29, 0.717) is 4.88 Å². The predicted molar refractivity (Wildman–Crippen MR) is 66.4 cm³/mol. The molecular formula is C12H15NO3S. The van der Waals surface area contributed by atoms with Crippen LogP contribution in [0, 0.1) is 0 Å². The molecule has 1 fully saturated rings. The lowest BCUT2D eigenvalue weighted by atomic mass is 9.99. The van der Waals surface area contributed by atoms with E-state index >= 15 is 0 Å². The van der Waals surface area contributed by atoms with E-state index in [1.807, 2.05) is 17.3 Å². The molecule has 2 aliphatic rings. The summed E-state index contributed by atoms with van der Waals surface area (Å²) in [5, 5.41) is 11.0. The standard InChI is InChI=1S/C12H15NO3S/c1-13-7-12(4-2-3-5-12)16-8-6-17-10(9(8)13)11(14)15/h6H,2-5,7H2,1H3,(H,14,15). The summed E-state index contributed by atoms with van der Waals surface area (Å²) in [5.41, 5.74) is 0.679. The third-order valence-electron chi connectivity index (χ3n) is 3.67. The minimum Gasteiger partial charge on any atom is -0.482 e. The van der Waals surface area contributed by atoms with Crippen molar-refractivity contribution < 1.29 is 14.6 Å². The average molecular weight is 253 g/mol. The van der Waals surface area contributed by atoms with Gasteiger partial charge in [0.2, 0.25) is 0 Å². The van der Waals surface area contributed by atoms with Crippen molar-refractivity contribution in [2.75, 3.05) is 18.5 Å². The van der Waals surface area contributed by atoms with Gasteiger partial charge in [-0.05, 0) is 25.7 Å². The van der Waals surface area contributed by atoms with Gasteiger partial charge in [-0.25, -0.2) is 4.79 Å². The first-order chi connectivity index (χ1) is 8.11. The molecule has 0 amide bonds. The fourth-order valence-electron chi connectivity index (χ4n) is 2.98. The molecule has 4 nitrogen and oxygen atoms in total. The molecule has 0 radical (unpaired) electrons. The van der Waals surface area contributed by atoms with Crippen LogP contribution in [0.25, 0.3) is 0 Å². The topological polar surface area (TPSA) is 49.8 Å². The highest BCUT2D eigenvalue weighted by atomic mass is 32.1. The highest BCUT2D eigenvalue weighted by molar-refractivity contribution is 7.13. The summed E-state index contributed by atoms with van der Waals surface area (Å²) >= 11 is 1.25. The maximum atomic E-state index is 11.1. The summed E-state index contributed by atoms with van der Waals surface area (Å²) in [4.78, 5) is 13.6. The number of anilines is 1. The van der Waals surface area contributed by atoms with Crippen molar-refractivity contribution in [3.63, 3.8) is 0 Å². The van der Waals surface area contributed by atoms with Crippen molar-refractivity contribution in [1.29, 1.82) is 0 Å². The third kappa shape index (κ3) is 1.60. The van der Waals surface area contributed by atoms with E-state index in [2.05, 4.69) is 0 Å². The van der Waals surface area contributed by atoms with E-state index in [1.54, 1.807) is 0 Å². The number of hydrogen-bond donors (Lipinski definition) is 1. The Morgan fingerprint density at radius 1 is 1.53 bits per heavy atom. The molecule has 2 heterocycles. The predicted octanol–water partition coefficient (Wildman–Crippen LogP) is 2.59. The second-order valence-electron chi connectivity index (χ2n) is 4.93. The maximum Gasteiger partial charge on any atom is 0.348 e. The van der Waals surface area contributed by atoms with Gasteiger partial charge in [0.1, 0.15) is 16.2 Å². The fraction of sp³-hybridized carbons (Fsp3) is 0.583. The Hall–Kier alpha value is -1.23. The van der Waals surface area contributed by atoms with Gasteiger partial charge in [-0.3, -0.25) is 0 Å². The quantitative estimate of drug-likeness (QED) is 0.835. The number of carboxylic acids is 1. The van der Waals surface area contributed by atoms with Gasteiger partial charge in [-0.15, -0.1) is 11.3 Å². The Morgan fingerprint density at radius 3 is 2.88 bits per heavy atom. The van der Waals surface area contributed by atoms with Crippen molar-refractivity contribution in [2.24, 2.45) is 0 Å². The molecule has 1 aromatic rings. The molecule has 1 aliphatic carbocycles. The molecule has 3 rings (SSSR count). The second kappa shape index (κ2) is 3.63. The third-order valence-corrected chi connectivity index (χ3v) is 4.61. The summed E-state index contributed by atoms with van der Waals surface area (Å²) < 4.78 is 6.09. The molecule has 5 heteroatoms. The molecular weight excluding hydrogens is 238 g/mol. The molecule has 0 aromatic carbocycles. The van der Waals surface area contributed by atoms with E-state index in [9.17, 15) is 4.79 Å². The SMILES string of the molecule is CN1CC2(CCCC2)Oc2csc(C(=O)O)c21. The molecule has 1 aromatic heterocycles. The maximum absolute atomic E-state index is 11.1. The minimum absolute atomic E-state index is 0.0708. The Morgan fingerprint density at radius 2 is 2.24 bits per heavy atom. The molecule has 1 N–H and O–H groups in total. The van der Waals surface area contributed by atoms with Crippen LogP contribution in [0.2, 0.25) is 0 Å². The zero-order valence-corrected chi connectivity index (χ0v) is 10.5. The molecule has 92 valence electrons. The van der Waals surface area contributed by atoms with Crippen LogP contribution in [0.3, 0.4) is 0 Å². The lowest BCUT2D eigenvalue weighted by Crippen LogP contribution is -2.47. The van der Waals surface area contributed by atoms with Crippen molar-refractivity contribution >= 4 is 23.0 Å². The smallest absolute Gasteiger partial charge is 0.348 e. The van der Waals surface area contributed by atoms with E-state index in [1.165, 1.54) is 24.2 Å². The number of thiophene rings is 1. The van der Waals surface area contributed by atoms with E-state index in [0.717, 1.165) is 30.8 Å². The number of carboxylic acid groups (broad SMARTS) is 1. The molecule has 0 atom stereocenters. The van der Waals surface area contributed by atoms with Crippen LogP contribution >= 0.6 is 11.3 Å². The summed E-state index contributed by atoms with van der Waals surface area (Å²) in [6, 6.07) is 0. The molecule has 0 saturated heterocycles. The van der Waals surface area contributed by atoms with E-state index in [4.69, 9.17) is 9.84 Å². The monoisotopic (exact) mass is 253 g/mol. The molecule has 17 heavy (non-hydrogen) atoms. The first-order valence-electron chi connectivity index (χ1n) is 5.86. The van der Waals surface area contributed by atoms with Gasteiger partial charge in [-0.1, -0.05) is 0 Å². The van der Waals surface area contributed by atoms with Gasteiger partial charge in [0.25, 0.3) is 0 Å². The fourth-order valence-corrected chi connectivity index (χ4v) is 3.83. The zero-order chi connectivity index (χ0) is 12.0. The summed E-state index contributed by atoms with van der Waals surface area (Å²) in [6.45, 7) is 0.803. The van der Waals surface area contributed by atoms with Crippen LogP contribution in [0.1, 0.15) is 35.4 Å². The number of rotatable bonds is 1. The van der Waals surface area contributed by atoms with Crippen LogP contribution in [-0.4, -0.2) is 30.3 Å². The second-order valence-corrected chi connectivity index (χ2v) is 5.81. The number of ether oxygens (including phenoxy) is 1. The Bertz CT molecular complexity index is 462. The Balaban J connectivity index is 2.00. The number of hydrogen-bond acceptors (Lipinski definition) is 4. The molecule has 1 spiro atoms. The first-order valence-corrected chi connectivity index (χ1v) is 6.74. The van der Waals surface area contributed by atoms with Crippen molar-refractivity contribution in [2.45, 2.75) is 31.3 Å². The lowest BCUT2D eigenvalue weighted by molar-refractivity contribution is 0.0679. The van der Waals surface area contributed by atoms with Crippen molar-refractivity contribution in [3.8, 4) is 5.75 Å². The molecule has 0 unspecified atom stereocenters. The van der Waals surface area contributed by atoms with Gasteiger partial charge in [0, 0.05) is 12.4 Å². The normalized spacial score (nSPS) is 21.4. The van der Waals surface area contributed by atoms with Crippen LogP contribution < -0.4 is 9.64 Å². The van der Waals surface area contributed by atoms with Gasteiger partial charge >= 0.3 is 5.97 Å². The largest absolute Gasteiger partial charge is 0.482 e. The number of fused-ring (bicyclic) bond motifs is 1. The van der Waals surface area contributed by atoms with E-state index < -0.39 is 5.97 Å². The van der Waals surface area contributed by atoms with Crippen LogP contribution in [-0.2, 0) is 0 Å². The highest BCUT2D eigenvalue weighted by Gasteiger charge is 2.43. The highest BCUT2D eigenvalue weighted by Crippen LogP contribution is 2.47. The Kier molecular flexibility index (Phi) is 2.33. The number of nitrogens with zero attached hydrogens (tertiary/aromatic N) is 1. The number of likely N-dealkylation sites (N-methyl/N-ethyl adjacent to an activating group) is 1. The lowest BCUT2D eigenvalue weighted by Gasteiger charge is -2.40. The van der Waals surface area contributed by atoms with Crippen LogP contribution in [0.4, 0.5) is 5.69 Å². The van der Waals surface area contributed by atoms with Crippen molar-refractivity contribution in [1.82, 2.24) is 0 Å². The van der Waals surface area contributed by atoms with Gasteiger partial charge < -0.3 is 14.7 Å². The van der Waals surface area contributed by atoms with E-state index in [-0.39, 0.29) is 5.60 Å².